The van der Waals surface area contributed by atoms with E-state index >= 15 is 0 Å². The Morgan fingerprint density at radius 3 is 2.30 bits per heavy atom. The summed E-state index contributed by atoms with van der Waals surface area (Å²) in [5.74, 6) is 0.0113. The predicted molar refractivity (Wildman–Crippen MR) is 94.1 cm³/mol. The van der Waals surface area contributed by atoms with Gasteiger partial charge in [-0.2, -0.15) is 0 Å². The summed E-state index contributed by atoms with van der Waals surface area (Å²) in [5.41, 5.74) is 6.03. The van der Waals surface area contributed by atoms with Crippen LogP contribution < -0.4 is 11.1 Å². The molecule has 0 aliphatic carbocycles. The Balaban J connectivity index is 2.68. The van der Waals surface area contributed by atoms with Gasteiger partial charge in [0.15, 0.2) is 5.78 Å². The number of nitrogens with one attached hydrogen (secondary N) is 1. The van der Waals surface area contributed by atoms with E-state index in [-0.39, 0.29) is 11.7 Å². The van der Waals surface area contributed by atoms with Crippen LogP contribution >= 0.6 is 0 Å². The van der Waals surface area contributed by atoms with E-state index in [9.17, 15) is 9.59 Å². The maximum absolute atomic E-state index is 12.6. The maximum Gasteiger partial charge on any atom is 0.220 e. The van der Waals surface area contributed by atoms with Crippen molar-refractivity contribution in [2.24, 2.45) is 11.1 Å². The number of benzene rings is 1. The quantitative estimate of drug-likeness (QED) is 0.688. The molecule has 0 aliphatic heterocycles. The lowest BCUT2D eigenvalue weighted by molar-refractivity contribution is -0.132. The molecule has 3 N–H and O–H groups in total. The molecule has 0 saturated carbocycles. The molecule has 0 bridgehead atoms. The Hall–Kier alpha value is -1.68. The number of Topliss-reactive ketones (excluding diaryl/α,β-unsaturated/α-hetero) is 1. The van der Waals surface area contributed by atoms with Crippen molar-refractivity contribution < 1.29 is 9.59 Å². The molecule has 0 saturated heterocycles. The van der Waals surface area contributed by atoms with Gasteiger partial charge in [-0.1, -0.05) is 57.5 Å². The number of unbranched alkanes of at least 4 members (excludes halogenated alkanes) is 2. The minimum Gasteiger partial charge on any atom is -0.346 e. The van der Waals surface area contributed by atoms with Crippen LogP contribution in [-0.4, -0.2) is 24.3 Å². The molecule has 1 unspecified atom stereocenters. The molecule has 0 fully saturated rings. The molecule has 1 rings (SSSR count). The van der Waals surface area contributed by atoms with Crippen LogP contribution in [-0.2, 0) is 16.0 Å². The first-order valence-electron chi connectivity index (χ1n) is 8.42. The molecule has 0 radical (unpaired) electrons. The number of amides is 1. The fourth-order valence-corrected chi connectivity index (χ4v) is 2.45. The zero-order valence-corrected chi connectivity index (χ0v) is 14.6. The average Bonchev–Trinajstić information content (AvgIpc) is 2.50. The van der Waals surface area contributed by atoms with E-state index in [0.717, 1.165) is 24.8 Å². The van der Waals surface area contributed by atoms with Gasteiger partial charge in [0.25, 0.3) is 0 Å². The fraction of sp³-hybridized carbons (Fsp3) is 0.579. The van der Waals surface area contributed by atoms with Crippen molar-refractivity contribution in [2.45, 2.75) is 58.9 Å². The van der Waals surface area contributed by atoms with E-state index < -0.39 is 11.5 Å². The lowest BCUT2D eigenvalue weighted by atomic mass is 9.84. The highest BCUT2D eigenvalue weighted by Crippen LogP contribution is 2.19. The topological polar surface area (TPSA) is 72.2 Å². The molecule has 1 aromatic rings. The summed E-state index contributed by atoms with van der Waals surface area (Å²) >= 11 is 0. The molecule has 0 aromatic heterocycles. The SMILES string of the molecule is CC(C)(C)C(=O)C(Cc1ccccc1)NC(=O)CCCCCN. The third kappa shape index (κ3) is 7.42. The fourth-order valence-electron chi connectivity index (χ4n) is 2.45. The van der Waals surface area contributed by atoms with Gasteiger partial charge >= 0.3 is 0 Å². The zero-order chi connectivity index (χ0) is 17.3. The van der Waals surface area contributed by atoms with Gasteiger partial charge in [0.1, 0.15) is 0 Å². The minimum atomic E-state index is -0.480. The van der Waals surface area contributed by atoms with Crippen LogP contribution in [0.3, 0.4) is 0 Å². The largest absolute Gasteiger partial charge is 0.346 e. The van der Waals surface area contributed by atoms with E-state index in [4.69, 9.17) is 5.73 Å². The van der Waals surface area contributed by atoms with Crippen molar-refractivity contribution >= 4 is 11.7 Å². The molecule has 1 atom stereocenters. The first-order chi connectivity index (χ1) is 10.8. The molecule has 0 heterocycles. The van der Waals surface area contributed by atoms with E-state index in [1.54, 1.807) is 0 Å². The summed E-state index contributed by atoms with van der Waals surface area (Å²) in [6.45, 7) is 6.32. The number of rotatable bonds is 9. The highest BCUT2D eigenvalue weighted by Gasteiger charge is 2.30. The van der Waals surface area contributed by atoms with Crippen LogP contribution in [0.1, 0.15) is 52.0 Å². The van der Waals surface area contributed by atoms with Crippen molar-refractivity contribution in [3.63, 3.8) is 0 Å². The second-order valence-electron chi connectivity index (χ2n) is 7.02. The first-order valence-corrected chi connectivity index (χ1v) is 8.42. The average molecular weight is 318 g/mol. The molecule has 1 amide bonds. The lowest BCUT2D eigenvalue weighted by Gasteiger charge is -2.25. The van der Waals surface area contributed by atoms with Crippen LogP contribution in [0.15, 0.2) is 30.3 Å². The Labute approximate surface area is 139 Å². The monoisotopic (exact) mass is 318 g/mol. The van der Waals surface area contributed by atoms with E-state index in [0.29, 0.717) is 19.4 Å². The molecule has 128 valence electrons. The van der Waals surface area contributed by atoms with Gasteiger partial charge < -0.3 is 11.1 Å². The summed E-state index contributed by atoms with van der Waals surface area (Å²) in [6, 6.07) is 9.33. The minimum absolute atomic E-state index is 0.0550. The van der Waals surface area contributed by atoms with Gasteiger partial charge in [-0.25, -0.2) is 0 Å². The standard InChI is InChI=1S/C19H30N2O2/c1-19(2,3)18(23)16(14-15-10-6-4-7-11-15)21-17(22)12-8-5-9-13-20/h4,6-7,10-11,16H,5,8-9,12-14,20H2,1-3H3,(H,21,22). The van der Waals surface area contributed by atoms with E-state index in [1.165, 1.54) is 0 Å². The molecule has 1 aromatic carbocycles. The Morgan fingerprint density at radius 2 is 1.74 bits per heavy atom. The Kier molecular flexibility index (Phi) is 7.96. The first kappa shape index (κ1) is 19.4. The number of nitrogens with two attached hydrogens (primary N) is 1. The van der Waals surface area contributed by atoms with Gasteiger partial charge in [-0.3, -0.25) is 9.59 Å². The normalized spacial score (nSPS) is 12.7. The highest BCUT2D eigenvalue weighted by atomic mass is 16.2. The number of ketones is 1. The summed E-state index contributed by atoms with van der Waals surface area (Å²) in [7, 11) is 0. The van der Waals surface area contributed by atoms with Crippen LogP contribution in [0.2, 0.25) is 0 Å². The molecule has 4 nitrogen and oxygen atoms in total. The predicted octanol–water partition coefficient (Wildman–Crippen LogP) is 2.85. The summed E-state index contributed by atoms with van der Waals surface area (Å²) in [4.78, 5) is 24.8. The summed E-state index contributed by atoms with van der Waals surface area (Å²) in [5, 5.41) is 2.93. The van der Waals surface area contributed by atoms with Crippen molar-refractivity contribution in [3.05, 3.63) is 35.9 Å². The maximum atomic E-state index is 12.6. The highest BCUT2D eigenvalue weighted by molar-refractivity contribution is 5.92. The van der Waals surface area contributed by atoms with E-state index in [1.807, 2.05) is 51.1 Å². The molecular formula is C19H30N2O2. The molecular weight excluding hydrogens is 288 g/mol. The van der Waals surface area contributed by atoms with Gasteiger partial charge in [-0.05, 0) is 31.4 Å². The van der Waals surface area contributed by atoms with Crippen molar-refractivity contribution in [2.75, 3.05) is 6.54 Å². The number of carbonyl (C=O) groups excluding carboxylic acids is 2. The molecule has 4 heteroatoms. The van der Waals surface area contributed by atoms with Crippen LogP contribution in [0, 0.1) is 5.41 Å². The molecule has 0 aliphatic rings. The second-order valence-corrected chi connectivity index (χ2v) is 7.02. The van der Waals surface area contributed by atoms with Crippen LogP contribution in [0.5, 0.6) is 0 Å². The van der Waals surface area contributed by atoms with Crippen LogP contribution in [0.4, 0.5) is 0 Å². The third-order valence-electron chi connectivity index (χ3n) is 3.78. The van der Waals surface area contributed by atoms with Gasteiger partial charge in [0.2, 0.25) is 5.91 Å². The molecule has 23 heavy (non-hydrogen) atoms. The van der Waals surface area contributed by atoms with Crippen molar-refractivity contribution in [1.82, 2.24) is 5.32 Å². The number of carbonyl (C=O) groups is 2. The lowest BCUT2D eigenvalue weighted by Crippen LogP contribution is -2.46. The summed E-state index contributed by atoms with van der Waals surface area (Å²) < 4.78 is 0. The smallest absolute Gasteiger partial charge is 0.220 e. The van der Waals surface area contributed by atoms with Crippen molar-refractivity contribution in [1.29, 1.82) is 0 Å². The van der Waals surface area contributed by atoms with Gasteiger partial charge in [0, 0.05) is 11.8 Å². The summed E-state index contributed by atoms with van der Waals surface area (Å²) in [6.07, 6.45) is 3.67. The molecule has 0 spiro atoms. The van der Waals surface area contributed by atoms with Crippen LogP contribution in [0.25, 0.3) is 0 Å². The van der Waals surface area contributed by atoms with E-state index in [2.05, 4.69) is 5.32 Å². The number of hydrogen-bond acceptors (Lipinski definition) is 3. The Morgan fingerprint density at radius 1 is 1.09 bits per heavy atom. The van der Waals surface area contributed by atoms with Crippen molar-refractivity contribution in [3.8, 4) is 0 Å². The van der Waals surface area contributed by atoms with Gasteiger partial charge in [-0.15, -0.1) is 0 Å². The number of hydrogen-bond donors (Lipinski definition) is 2. The third-order valence-corrected chi connectivity index (χ3v) is 3.78. The zero-order valence-electron chi connectivity index (χ0n) is 14.6. The van der Waals surface area contributed by atoms with Gasteiger partial charge in [0.05, 0.1) is 6.04 Å². The second kappa shape index (κ2) is 9.46. The Bertz CT molecular complexity index is 492.